The van der Waals surface area contributed by atoms with Gasteiger partial charge in [-0.15, -0.1) is 0 Å². The summed E-state index contributed by atoms with van der Waals surface area (Å²) >= 11 is 0. The summed E-state index contributed by atoms with van der Waals surface area (Å²) in [5, 5.41) is 0. The lowest BCUT2D eigenvalue weighted by Gasteiger charge is -2.16. The molecule has 0 bridgehead atoms. The van der Waals surface area contributed by atoms with Crippen molar-refractivity contribution >= 4 is 0 Å². The minimum Gasteiger partial charge on any atom is -0.324 e. The van der Waals surface area contributed by atoms with Crippen LogP contribution in [-0.4, -0.2) is 0 Å². The lowest BCUT2D eigenvalue weighted by Crippen LogP contribution is -2.17. The van der Waals surface area contributed by atoms with E-state index < -0.39 is 11.7 Å². The minimum atomic E-state index is -4.28. The molecule has 15 heavy (non-hydrogen) atoms. The molecule has 0 fully saturated rings. The van der Waals surface area contributed by atoms with Gasteiger partial charge in [-0.3, -0.25) is 0 Å². The molecule has 2 N–H and O–H groups in total. The van der Waals surface area contributed by atoms with Crippen LogP contribution < -0.4 is 5.73 Å². The van der Waals surface area contributed by atoms with Crippen LogP contribution in [0.25, 0.3) is 0 Å². The van der Waals surface area contributed by atoms with Gasteiger partial charge in [-0.2, -0.15) is 13.2 Å². The second-order valence-corrected chi connectivity index (χ2v) is 3.89. The summed E-state index contributed by atoms with van der Waals surface area (Å²) in [5.41, 5.74) is 5.91. The maximum Gasteiger partial charge on any atom is 0.416 e. The molecule has 1 aromatic carbocycles. The van der Waals surface area contributed by atoms with Crippen LogP contribution in [0.3, 0.4) is 0 Å². The van der Waals surface area contributed by atoms with Gasteiger partial charge in [0.1, 0.15) is 0 Å². The highest BCUT2D eigenvalue weighted by molar-refractivity contribution is 5.26. The van der Waals surface area contributed by atoms with E-state index in [4.69, 9.17) is 5.73 Å². The smallest absolute Gasteiger partial charge is 0.324 e. The molecule has 0 aromatic heterocycles. The van der Waals surface area contributed by atoms with Gasteiger partial charge < -0.3 is 5.73 Å². The molecule has 0 spiro atoms. The number of alkyl halides is 3. The molecule has 84 valence electrons. The highest BCUT2D eigenvalue weighted by Gasteiger charge is 2.30. The van der Waals surface area contributed by atoms with Gasteiger partial charge in [0.2, 0.25) is 0 Å². The molecule has 1 rings (SSSR count). The van der Waals surface area contributed by atoms with E-state index >= 15 is 0 Å². The quantitative estimate of drug-likeness (QED) is 0.807. The maximum atomic E-state index is 12.2. The van der Waals surface area contributed by atoms with Crippen LogP contribution in [0.1, 0.15) is 31.0 Å². The fraction of sp³-hybridized carbons (Fsp3) is 0.455. The number of nitrogens with two attached hydrogens (primary N) is 1. The van der Waals surface area contributed by atoms with E-state index in [0.717, 1.165) is 17.7 Å². The molecular weight excluding hydrogens is 203 g/mol. The first-order valence-corrected chi connectivity index (χ1v) is 4.75. The Kier molecular flexibility index (Phi) is 3.39. The van der Waals surface area contributed by atoms with Crippen LogP contribution in [0.15, 0.2) is 24.3 Å². The van der Waals surface area contributed by atoms with Gasteiger partial charge in [-0.1, -0.05) is 26.0 Å². The van der Waals surface area contributed by atoms with Crippen LogP contribution in [0.5, 0.6) is 0 Å². The second kappa shape index (κ2) is 4.23. The number of benzene rings is 1. The van der Waals surface area contributed by atoms with E-state index in [1.807, 2.05) is 13.8 Å². The number of halogens is 3. The molecule has 4 heteroatoms. The molecule has 1 aromatic rings. The van der Waals surface area contributed by atoms with Crippen molar-refractivity contribution in [3.63, 3.8) is 0 Å². The molecule has 0 aliphatic heterocycles. The molecular formula is C11H14F3N. The summed E-state index contributed by atoms with van der Waals surface area (Å²) in [6.07, 6.45) is -4.28. The van der Waals surface area contributed by atoms with Gasteiger partial charge in [0.25, 0.3) is 0 Å². The Bertz CT molecular complexity index is 314. The Balaban J connectivity index is 2.91. The minimum absolute atomic E-state index is 0.210. The van der Waals surface area contributed by atoms with E-state index in [-0.39, 0.29) is 12.0 Å². The molecule has 0 radical (unpaired) electrons. The molecule has 0 amide bonds. The van der Waals surface area contributed by atoms with Crippen LogP contribution >= 0.6 is 0 Å². The van der Waals surface area contributed by atoms with Crippen molar-refractivity contribution in [3.8, 4) is 0 Å². The van der Waals surface area contributed by atoms with Crippen molar-refractivity contribution in [1.82, 2.24) is 0 Å². The van der Waals surface area contributed by atoms with Crippen molar-refractivity contribution in [3.05, 3.63) is 35.4 Å². The number of hydrogen-bond donors (Lipinski definition) is 1. The van der Waals surface area contributed by atoms with E-state index in [1.54, 1.807) is 0 Å². The molecule has 1 atom stereocenters. The summed E-state index contributed by atoms with van der Waals surface area (Å²) in [6.45, 7) is 3.87. The molecule has 0 saturated carbocycles. The third-order valence-corrected chi connectivity index (χ3v) is 2.34. The standard InChI is InChI=1S/C11H14F3N/c1-7(2)10(15)8-3-5-9(6-4-8)11(12,13)14/h3-7,10H,15H2,1-2H3/t10-/m0/s1. The van der Waals surface area contributed by atoms with Crippen LogP contribution in [0, 0.1) is 5.92 Å². The number of hydrogen-bond acceptors (Lipinski definition) is 1. The van der Waals surface area contributed by atoms with E-state index in [9.17, 15) is 13.2 Å². The van der Waals surface area contributed by atoms with Gasteiger partial charge in [-0.25, -0.2) is 0 Å². The highest BCUT2D eigenvalue weighted by atomic mass is 19.4. The topological polar surface area (TPSA) is 26.0 Å². The number of rotatable bonds is 2. The summed E-state index contributed by atoms with van der Waals surface area (Å²) in [6, 6.07) is 4.79. The Morgan fingerprint density at radius 2 is 1.53 bits per heavy atom. The predicted molar refractivity (Wildman–Crippen MR) is 53.2 cm³/mol. The SMILES string of the molecule is CC(C)[C@H](N)c1ccc(C(F)(F)F)cc1. The third kappa shape index (κ3) is 2.96. The molecule has 0 saturated heterocycles. The van der Waals surface area contributed by atoms with Crippen LogP contribution in [-0.2, 0) is 6.18 Å². The van der Waals surface area contributed by atoms with Gasteiger partial charge in [-0.05, 0) is 23.6 Å². The van der Waals surface area contributed by atoms with Crippen molar-refractivity contribution < 1.29 is 13.2 Å². The van der Waals surface area contributed by atoms with Crippen molar-refractivity contribution in [2.45, 2.75) is 26.1 Å². The van der Waals surface area contributed by atoms with Crippen molar-refractivity contribution in [2.24, 2.45) is 11.7 Å². The van der Waals surface area contributed by atoms with E-state index in [2.05, 4.69) is 0 Å². The van der Waals surface area contributed by atoms with Crippen LogP contribution in [0.2, 0.25) is 0 Å². The Morgan fingerprint density at radius 3 is 1.87 bits per heavy atom. The lowest BCUT2D eigenvalue weighted by molar-refractivity contribution is -0.137. The summed E-state index contributed by atoms with van der Waals surface area (Å²) in [7, 11) is 0. The zero-order chi connectivity index (χ0) is 11.6. The predicted octanol–water partition coefficient (Wildman–Crippen LogP) is 3.36. The molecule has 1 nitrogen and oxygen atoms in total. The zero-order valence-electron chi connectivity index (χ0n) is 8.68. The largest absolute Gasteiger partial charge is 0.416 e. The maximum absolute atomic E-state index is 12.2. The summed E-state index contributed by atoms with van der Waals surface area (Å²) < 4.78 is 36.7. The van der Waals surface area contributed by atoms with E-state index in [1.165, 1.54) is 12.1 Å². The Labute approximate surface area is 87.1 Å². The normalized spacial score (nSPS) is 14.3. The first-order chi connectivity index (χ1) is 6.82. The average molecular weight is 217 g/mol. The Hall–Kier alpha value is -1.03. The lowest BCUT2D eigenvalue weighted by atomic mass is 9.96. The fourth-order valence-electron chi connectivity index (χ4n) is 1.28. The Morgan fingerprint density at radius 1 is 1.07 bits per heavy atom. The fourth-order valence-corrected chi connectivity index (χ4v) is 1.28. The molecule has 0 heterocycles. The molecule has 0 aliphatic carbocycles. The van der Waals surface area contributed by atoms with Gasteiger partial charge in [0.15, 0.2) is 0 Å². The molecule has 0 aliphatic rings. The highest BCUT2D eigenvalue weighted by Crippen LogP contribution is 2.30. The monoisotopic (exact) mass is 217 g/mol. The van der Waals surface area contributed by atoms with Crippen molar-refractivity contribution in [2.75, 3.05) is 0 Å². The van der Waals surface area contributed by atoms with E-state index in [0.29, 0.717) is 0 Å². The summed E-state index contributed by atoms with van der Waals surface area (Å²) in [4.78, 5) is 0. The van der Waals surface area contributed by atoms with Gasteiger partial charge in [0.05, 0.1) is 5.56 Å². The van der Waals surface area contributed by atoms with Gasteiger partial charge >= 0.3 is 6.18 Å². The summed E-state index contributed by atoms with van der Waals surface area (Å²) in [5.74, 6) is 0.210. The second-order valence-electron chi connectivity index (χ2n) is 3.89. The first kappa shape index (κ1) is 12.0. The average Bonchev–Trinajstić information content (AvgIpc) is 2.15. The third-order valence-electron chi connectivity index (χ3n) is 2.34. The van der Waals surface area contributed by atoms with Crippen LogP contribution in [0.4, 0.5) is 13.2 Å². The molecule has 0 unspecified atom stereocenters. The van der Waals surface area contributed by atoms with Crippen molar-refractivity contribution in [1.29, 1.82) is 0 Å². The van der Waals surface area contributed by atoms with Gasteiger partial charge in [0, 0.05) is 6.04 Å². The zero-order valence-corrected chi connectivity index (χ0v) is 8.68. The first-order valence-electron chi connectivity index (χ1n) is 4.75.